The van der Waals surface area contributed by atoms with Gasteiger partial charge in [-0.3, -0.25) is 0 Å². The number of ether oxygens (including phenoxy) is 1. The first kappa shape index (κ1) is 17.8. The number of benzene rings is 2. The molecule has 4 nitrogen and oxygen atoms in total. The summed E-state index contributed by atoms with van der Waals surface area (Å²) in [7, 11) is 0. The van der Waals surface area contributed by atoms with Crippen LogP contribution in [-0.4, -0.2) is 30.3 Å². The third kappa shape index (κ3) is 3.21. The SMILES string of the molecule is Cc1cccc2c(Nc3cccc(Cl)c3)nc(N3C4CCCC3COC4)[c]c12. The van der Waals surface area contributed by atoms with Crippen LogP contribution in [0, 0.1) is 13.0 Å². The van der Waals surface area contributed by atoms with Crippen molar-refractivity contribution in [3.05, 3.63) is 59.1 Å². The average Bonchev–Trinajstić information content (AvgIpc) is 2.68. The molecule has 0 amide bonds. The molecule has 1 radical (unpaired) electrons. The van der Waals surface area contributed by atoms with E-state index in [4.69, 9.17) is 21.3 Å². The highest BCUT2D eigenvalue weighted by Crippen LogP contribution is 2.36. The minimum absolute atomic E-state index is 0.386. The predicted octanol–water partition coefficient (Wildman–Crippen LogP) is 5.50. The summed E-state index contributed by atoms with van der Waals surface area (Å²) >= 11 is 6.18. The number of piperidine rings is 1. The molecule has 1 aromatic heterocycles. The van der Waals surface area contributed by atoms with Crippen LogP contribution in [0.5, 0.6) is 0 Å². The molecule has 3 aromatic rings. The molecule has 28 heavy (non-hydrogen) atoms. The van der Waals surface area contributed by atoms with Crippen LogP contribution >= 0.6 is 11.6 Å². The molecule has 2 fully saturated rings. The summed E-state index contributed by atoms with van der Waals surface area (Å²) in [6.07, 6.45) is 3.55. The maximum absolute atomic E-state index is 6.18. The first-order chi connectivity index (χ1) is 13.7. The van der Waals surface area contributed by atoms with Crippen molar-refractivity contribution in [2.45, 2.75) is 38.3 Å². The molecule has 0 aliphatic carbocycles. The van der Waals surface area contributed by atoms with Gasteiger partial charge in [-0.05, 0) is 55.3 Å². The molecule has 2 aromatic carbocycles. The number of nitrogens with zero attached hydrogens (tertiary/aromatic N) is 2. The molecule has 5 heteroatoms. The minimum Gasteiger partial charge on any atom is -0.377 e. The lowest BCUT2D eigenvalue weighted by molar-refractivity contribution is 0.0458. The summed E-state index contributed by atoms with van der Waals surface area (Å²) in [5.74, 6) is 1.77. The Morgan fingerprint density at radius 3 is 2.71 bits per heavy atom. The zero-order chi connectivity index (χ0) is 19.1. The predicted molar refractivity (Wildman–Crippen MR) is 115 cm³/mol. The van der Waals surface area contributed by atoms with E-state index in [0.29, 0.717) is 17.1 Å². The van der Waals surface area contributed by atoms with Crippen molar-refractivity contribution in [2.75, 3.05) is 23.4 Å². The third-order valence-corrected chi connectivity index (χ3v) is 6.03. The molecule has 2 aliphatic rings. The van der Waals surface area contributed by atoms with Gasteiger partial charge >= 0.3 is 0 Å². The van der Waals surface area contributed by atoms with E-state index in [2.05, 4.69) is 41.4 Å². The van der Waals surface area contributed by atoms with E-state index in [1.54, 1.807) is 0 Å². The fourth-order valence-corrected chi connectivity index (χ4v) is 4.63. The van der Waals surface area contributed by atoms with E-state index in [0.717, 1.165) is 54.2 Å². The molecule has 0 saturated carbocycles. The monoisotopic (exact) mass is 392 g/mol. The molecule has 2 aliphatic heterocycles. The Hall–Kier alpha value is -2.30. The highest BCUT2D eigenvalue weighted by Gasteiger charge is 2.36. The Morgan fingerprint density at radius 2 is 1.93 bits per heavy atom. The number of halogens is 1. The second kappa shape index (κ2) is 7.26. The topological polar surface area (TPSA) is 37.4 Å². The molecule has 2 saturated heterocycles. The van der Waals surface area contributed by atoms with Crippen LogP contribution in [0.15, 0.2) is 42.5 Å². The summed E-state index contributed by atoms with van der Waals surface area (Å²) < 4.78 is 5.82. The van der Waals surface area contributed by atoms with Gasteiger partial charge in [-0.15, -0.1) is 0 Å². The summed E-state index contributed by atoms with van der Waals surface area (Å²) in [6, 6.07) is 18.4. The van der Waals surface area contributed by atoms with E-state index < -0.39 is 0 Å². The molecule has 2 unspecified atom stereocenters. The fourth-order valence-electron chi connectivity index (χ4n) is 4.44. The van der Waals surface area contributed by atoms with Crippen molar-refractivity contribution in [3.63, 3.8) is 0 Å². The number of morpholine rings is 1. The second-order valence-electron chi connectivity index (χ2n) is 7.73. The third-order valence-electron chi connectivity index (χ3n) is 5.80. The van der Waals surface area contributed by atoms with Gasteiger partial charge in [0.2, 0.25) is 0 Å². The first-order valence-electron chi connectivity index (χ1n) is 9.90. The van der Waals surface area contributed by atoms with Crippen LogP contribution in [0.4, 0.5) is 17.3 Å². The Kier molecular flexibility index (Phi) is 4.61. The highest BCUT2D eigenvalue weighted by molar-refractivity contribution is 6.30. The van der Waals surface area contributed by atoms with Gasteiger partial charge in [0, 0.05) is 22.2 Å². The summed E-state index contributed by atoms with van der Waals surface area (Å²) in [5.41, 5.74) is 2.14. The Bertz CT molecular complexity index is 1000. The molecule has 143 valence electrons. The van der Waals surface area contributed by atoms with Gasteiger partial charge < -0.3 is 15.0 Å². The van der Waals surface area contributed by atoms with E-state index in [1.807, 2.05) is 24.3 Å². The quantitative estimate of drug-likeness (QED) is 0.638. The molecule has 5 rings (SSSR count). The van der Waals surface area contributed by atoms with Crippen molar-refractivity contribution >= 4 is 39.7 Å². The van der Waals surface area contributed by atoms with Gasteiger partial charge in [0.25, 0.3) is 0 Å². The van der Waals surface area contributed by atoms with Gasteiger partial charge in [-0.1, -0.05) is 35.9 Å². The number of hydrogen-bond donors (Lipinski definition) is 1. The molecular weight excluding hydrogens is 370 g/mol. The summed E-state index contributed by atoms with van der Waals surface area (Å²) in [5, 5.41) is 6.38. The van der Waals surface area contributed by atoms with Crippen molar-refractivity contribution in [1.29, 1.82) is 0 Å². The summed E-state index contributed by atoms with van der Waals surface area (Å²) in [6.45, 7) is 3.68. The van der Waals surface area contributed by atoms with Crippen LogP contribution in [0.1, 0.15) is 24.8 Å². The van der Waals surface area contributed by atoms with Gasteiger partial charge in [-0.2, -0.15) is 0 Å². The average molecular weight is 393 g/mol. The van der Waals surface area contributed by atoms with Gasteiger partial charge in [0.15, 0.2) is 0 Å². The smallest absolute Gasteiger partial charge is 0.140 e. The van der Waals surface area contributed by atoms with Crippen LogP contribution in [0.3, 0.4) is 0 Å². The van der Waals surface area contributed by atoms with Gasteiger partial charge in [-0.25, -0.2) is 4.98 Å². The lowest BCUT2D eigenvalue weighted by Crippen LogP contribution is -2.55. The van der Waals surface area contributed by atoms with Crippen molar-refractivity contribution in [2.24, 2.45) is 0 Å². The molecular formula is C23H23ClN3O. The first-order valence-corrected chi connectivity index (χ1v) is 10.3. The Balaban J connectivity index is 1.63. The number of aryl methyl sites for hydroxylation is 1. The maximum Gasteiger partial charge on any atom is 0.140 e. The van der Waals surface area contributed by atoms with E-state index >= 15 is 0 Å². The fraction of sp³-hybridized carbons (Fsp3) is 0.348. The number of rotatable bonds is 3. The number of nitrogens with one attached hydrogen (secondary N) is 1. The molecule has 0 spiro atoms. The lowest BCUT2D eigenvalue weighted by atomic mass is 9.94. The normalized spacial score (nSPS) is 21.7. The standard InChI is InChI=1S/C23H23ClN3O/c1-15-5-2-10-20-21(15)12-22(27-18-8-4-9-19(27)14-28-13-18)26-23(20)25-17-7-3-6-16(24)11-17/h2-3,5-7,10-11,18-19H,4,8-9,13-14H2,1H3,(H,25,26). The van der Waals surface area contributed by atoms with Crippen LogP contribution in [0.25, 0.3) is 10.8 Å². The zero-order valence-corrected chi connectivity index (χ0v) is 16.7. The number of pyridine rings is 1. The van der Waals surface area contributed by atoms with Crippen LogP contribution < -0.4 is 10.2 Å². The lowest BCUT2D eigenvalue weighted by Gasteiger charge is -2.46. The van der Waals surface area contributed by atoms with Crippen molar-refractivity contribution in [3.8, 4) is 0 Å². The maximum atomic E-state index is 6.18. The van der Waals surface area contributed by atoms with E-state index in [1.165, 1.54) is 12.0 Å². The van der Waals surface area contributed by atoms with Crippen LogP contribution in [0.2, 0.25) is 5.02 Å². The van der Waals surface area contributed by atoms with Crippen LogP contribution in [-0.2, 0) is 4.74 Å². The Morgan fingerprint density at radius 1 is 1.14 bits per heavy atom. The highest BCUT2D eigenvalue weighted by atomic mass is 35.5. The largest absolute Gasteiger partial charge is 0.377 e. The minimum atomic E-state index is 0.386. The molecule has 3 heterocycles. The Labute approximate surface area is 170 Å². The van der Waals surface area contributed by atoms with E-state index in [-0.39, 0.29) is 0 Å². The zero-order valence-electron chi connectivity index (χ0n) is 15.9. The van der Waals surface area contributed by atoms with Gasteiger partial charge in [0.1, 0.15) is 11.6 Å². The number of hydrogen-bond acceptors (Lipinski definition) is 4. The summed E-state index contributed by atoms with van der Waals surface area (Å²) in [4.78, 5) is 7.48. The number of anilines is 3. The van der Waals surface area contributed by atoms with Crippen molar-refractivity contribution in [1.82, 2.24) is 4.98 Å². The van der Waals surface area contributed by atoms with Crippen molar-refractivity contribution < 1.29 is 4.74 Å². The second-order valence-corrected chi connectivity index (χ2v) is 8.16. The van der Waals surface area contributed by atoms with E-state index in [9.17, 15) is 0 Å². The number of aromatic nitrogens is 1. The molecule has 1 N–H and O–H groups in total. The molecule has 2 bridgehead atoms. The van der Waals surface area contributed by atoms with Gasteiger partial charge in [0.05, 0.1) is 25.3 Å². The molecule has 2 atom stereocenters. The number of fused-ring (bicyclic) bond motifs is 3.